The van der Waals surface area contributed by atoms with E-state index in [1.165, 1.54) is 0 Å². The van der Waals surface area contributed by atoms with Gasteiger partial charge in [-0.25, -0.2) is 0 Å². The van der Waals surface area contributed by atoms with Crippen LogP contribution < -0.4 is 5.32 Å². The van der Waals surface area contributed by atoms with Crippen molar-refractivity contribution in [1.82, 2.24) is 5.32 Å². The molecule has 2 aromatic rings. The number of hydrogen-bond acceptors (Lipinski definition) is 3. The zero-order valence-electron chi connectivity index (χ0n) is 10.9. The van der Waals surface area contributed by atoms with Crippen LogP contribution in [0.15, 0.2) is 47.1 Å². The minimum Gasteiger partial charge on any atom is -0.468 e. The van der Waals surface area contributed by atoms with E-state index >= 15 is 0 Å². The predicted octanol–water partition coefficient (Wildman–Crippen LogP) is 3.25. The lowest BCUT2D eigenvalue weighted by atomic mass is 10.1. The Balaban J connectivity index is 1.67. The summed E-state index contributed by atoms with van der Waals surface area (Å²) >= 11 is 1.74. The molecular weight excluding hydrogens is 258 g/mol. The Morgan fingerprint density at radius 2 is 2.21 bits per heavy atom. The average molecular weight is 275 g/mol. The molecule has 0 saturated carbocycles. The van der Waals surface area contributed by atoms with Gasteiger partial charge in [0.25, 0.3) is 5.91 Å². The predicted molar refractivity (Wildman–Crippen MR) is 78.4 cm³/mol. The Labute approximate surface area is 117 Å². The summed E-state index contributed by atoms with van der Waals surface area (Å²) in [7, 11) is 0. The first-order valence-corrected chi connectivity index (χ1v) is 7.36. The second kappa shape index (κ2) is 7.04. The van der Waals surface area contributed by atoms with E-state index in [1.54, 1.807) is 18.0 Å². The van der Waals surface area contributed by atoms with E-state index in [0.717, 1.165) is 28.4 Å². The molecule has 1 aromatic heterocycles. The number of amides is 1. The van der Waals surface area contributed by atoms with Gasteiger partial charge in [0.15, 0.2) is 0 Å². The van der Waals surface area contributed by atoms with Crippen LogP contribution in [0.4, 0.5) is 0 Å². The molecule has 1 aromatic carbocycles. The van der Waals surface area contributed by atoms with Crippen LogP contribution in [-0.4, -0.2) is 18.2 Å². The molecule has 3 nitrogen and oxygen atoms in total. The number of carbonyl (C=O) groups is 1. The third-order valence-electron chi connectivity index (χ3n) is 2.64. The molecule has 0 atom stereocenters. The maximum Gasteiger partial charge on any atom is 0.251 e. The van der Waals surface area contributed by atoms with Crippen molar-refractivity contribution in [2.24, 2.45) is 0 Å². The molecule has 0 aliphatic heterocycles. The lowest BCUT2D eigenvalue weighted by Crippen LogP contribution is -2.25. The molecule has 0 bridgehead atoms. The summed E-state index contributed by atoms with van der Waals surface area (Å²) in [6.45, 7) is 2.65. The maximum absolute atomic E-state index is 11.8. The van der Waals surface area contributed by atoms with Crippen molar-refractivity contribution in [3.05, 3.63) is 59.5 Å². The standard InChI is InChI=1S/C15H17NO2S/c1-12-4-2-5-13(10-12)15(17)16-7-9-19-11-14-6-3-8-18-14/h2-6,8,10H,7,9,11H2,1H3,(H,16,17). The molecule has 4 heteroatoms. The largest absolute Gasteiger partial charge is 0.468 e. The van der Waals surface area contributed by atoms with E-state index in [0.29, 0.717) is 6.54 Å². The van der Waals surface area contributed by atoms with Crippen molar-refractivity contribution < 1.29 is 9.21 Å². The van der Waals surface area contributed by atoms with Crippen molar-refractivity contribution in [2.75, 3.05) is 12.3 Å². The van der Waals surface area contributed by atoms with E-state index < -0.39 is 0 Å². The van der Waals surface area contributed by atoms with Gasteiger partial charge in [-0.3, -0.25) is 4.79 Å². The first kappa shape index (κ1) is 13.7. The van der Waals surface area contributed by atoms with Crippen molar-refractivity contribution >= 4 is 17.7 Å². The monoisotopic (exact) mass is 275 g/mol. The third-order valence-corrected chi connectivity index (χ3v) is 3.62. The summed E-state index contributed by atoms with van der Waals surface area (Å²) in [5.74, 6) is 2.67. The first-order valence-electron chi connectivity index (χ1n) is 6.21. The molecule has 0 spiro atoms. The van der Waals surface area contributed by atoms with Crippen LogP contribution in [0.25, 0.3) is 0 Å². The van der Waals surface area contributed by atoms with Gasteiger partial charge in [-0.05, 0) is 31.2 Å². The number of carbonyl (C=O) groups excluding carboxylic acids is 1. The van der Waals surface area contributed by atoms with Crippen molar-refractivity contribution in [2.45, 2.75) is 12.7 Å². The second-order valence-electron chi connectivity index (χ2n) is 4.26. The fraction of sp³-hybridized carbons (Fsp3) is 0.267. The Bertz CT molecular complexity index is 523. The fourth-order valence-electron chi connectivity index (χ4n) is 1.69. The zero-order chi connectivity index (χ0) is 13.5. The van der Waals surface area contributed by atoms with Crippen molar-refractivity contribution in [1.29, 1.82) is 0 Å². The van der Waals surface area contributed by atoms with Gasteiger partial charge in [0.05, 0.1) is 12.0 Å². The van der Waals surface area contributed by atoms with Gasteiger partial charge in [0.2, 0.25) is 0 Å². The molecule has 0 aliphatic rings. The number of hydrogen-bond donors (Lipinski definition) is 1. The number of aryl methyl sites for hydroxylation is 1. The number of furan rings is 1. The van der Waals surface area contributed by atoms with E-state index in [1.807, 2.05) is 43.3 Å². The molecule has 2 rings (SSSR count). The molecular formula is C15H17NO2S. The highest BCUT2D eigenvalue weighted by Gasteiger charge is 2.04. The summed E-state index contributed by atoms with van der Waals surface area (Å²) in [5, 5.41) is 2.92. The molecule has 0 radical (unpaired) electrons. The highest BCUT2D eigenvalue weighted by molar-refractivity contribution is 7.98. The van der Waals surface area contributed by atoms with Crippen LogP contribution in [0, 0.1) is 6.92 Å². The average Bonchev–Trinajstić information content (AvgIpc) is 2.91. The molecule has 19 heavy (non-hydrogen) atoms. The second-order valence-corrected chi connectivity index (χ2v) is 5.36. The van der Waals surface area contributed by atoms with E-state index in [-0.39, 0.29) is 5.91 Å². The Kier molecular flexibility index (Phi) is 5.10. The minimum absolute atomic E-state index is 0.0118. The quantitative estimate of drug-likeness (QED) is 0.823. The smallest absolute Gasteiger partial charge is 0.251 e. The topological polar surface area (TPSA) is 42.2 Å². The van der Waals surface area contributed by atoms with Crippen LogP contribution in [0.5, 0.6) is 0 Å². The van der Waals surface area contributed by atoms with Gasteiger partial charge >= 0.3 is 0 Å². The van der Waals surface area contributed by atoms with Crippen LogP contribution >= 0.6 is 11.8 Å². The normalized spacial score (nSPS) is 10.4. The molecule has 100 valence electrons. The Morgan fingerprint density at radius 3 is 2.95 bits per heavy atom. The Morgan fingerprint density at radius 1 is 1.32 bits per heavy atom. The van der Waals surface area contributed by atoms with Gasteiger partial charge in [0, 0.05) is 17.9 Å². The fourth-order valence-corrected chi connectivity index (χ4v) is 2.45. The molecule has 0 fully saturated rings. The summed E-state index contributed by atoms with van der Waals surface area (Å²) in [5.41, 5.74) is 1.82. The lowest BCUT2D eigenvalue weighted by molar-refractivity contribution is 0.0956. The van der Waals surface area contributed by atoms with E-state index in [4.69, 9.17) is 4.42 Å². The molecule has 0 saturated heterocycles. The zero-order valence-corrected chi connectivity index (χ0v) is 11.7. The van der Waals surface area contributed by atoms with Crippen molar-refractivity contribution in [3.63, 3.8) is 0 Å². The van der Waals surface area contributed by atoms with Crippen LogP contribution in [0.2, 0.25) is 0 Å². The summed E-state index contributed by atoms with van der Waals surface area (Å²) in [6, 6.07) is 11.4. The van der Waals surface area contributed by atoms with Crippen LogP contribution in [0.1, 0.15) is 21.7 Å². The molecule has 0 aliphatic carbocycles. The maximum atomic E-state index is 11.8. The highest BCUT2D eigenvalue weighted by atomic mass is 32.2. The summed E-state index contributed by atoms with van der Waals surface area (Å²) in [6.07, 6.45) is 1.68. The first-order chi connectivity index (χ1) is 9.25. The number of benzene rings is 1. The minimum atomic E-state index is -0.0118. The van der Waals surface area contributed by atoms with Crippen LogP contribution in [0.3, 0.4) is 0 Å². The number of nitrogens with one attached hydrogen (secondary N) is 1. The SMILES string of the molecule is Cc1cccc(C(=O)NCCSCc2ccco2)c1. The summed E-state index contributed by atoms with van der Waals surface area (Å²) < 4.78 is 5.24. The molecule has 1 amide bonds. The van der Waals surface area contributed by atoms with E-state index in [2.05, 4.69) is 5.32 Å². The van der Waals surface area contributed by atoms with E-state index in [9.17, 15) is 4.79 Å². The van der Waals surface area contributed by atoms with Gasteiger partial charge in [-0.15, -0.1) is 0 Å². The molecule has 0 unspecified atom stereocenters. The van der Waals surface area contributed by atoms with Gasteiger partial charge in [0.1, 0.15) is 5.76 Å². The van der Waals surface area contributed by atoms with Gasteiger partial charge in [-0.2, -0.15) is 11.8 Å². The number of thioether (sulfide) groups is 1. The molecule has 1 N–H and O–H groups in total. The number of rotatable bonds is 6. The third kappa shape index (κ3) is 4.48. The van der Waals surface area contributed by atoms with Crippen molar-refractivity contribution in [3.8, 4) is 0 Å². The van der Waals surface area contributed by atoms with Crippen LogP contribution in [-0.2, 0) is 5.75 Å². The van der Waals surface area contributed by atoms with Gasteiger partial charge < -0.3 is 9.73 Å². The Hall–Kier alpha value is -1.68. The lowest BCUT2D eigenvalue weighted by Gasteiger charge is -2.05. The summed E-state index contributed by atoms with van der Waals surface area (Å²) in [4.78, 5) is 11.8. The molecule has 1 heterocycles. The highest BCUT2D eigenvalue weighted by Crippen LogP contribution is 2.11. The van der Waals surface area contributed by atoms with Gasteiger partial charge in [-0.1, -0.05) is 17.7 Å².